The number of hydrogen-bond acceptors (Lipinski definition) is 5. The molecule has 7 nitrogen and oxygen atoms in total. The van der Waals surface area contributed by atoms with Crippen LogP contribution in [-0.4, -0.2) is 45.2 Å². The zero-order valence-corrected chi connectivity index (χ0v) is 14.7. The third kappa shape index (κ3) is 3.38. The van der Waals surface area contributed by atoms with E-state index in [4.69, 9.17) is 23.2 Å². The molecule has 0 unspecified atom stereocenters. The average Bonchev–Trinajstić information content (AvgIpc) is 3.06. The number of nitrogens with one attached hydrogen (secondary N) is 2. The maximum atomic E-state index is 12.6. The molecule has 1 aromatic heterocycles. The number of carbonyl (C=O) groups excluding carboxylic acids is 1. The molecule has 0 atom stereocenters. The van der Waals surface area contributed by atoms with Crippen LogP contribution < -0.4 is 10.6 Å². The van der Waals surface area contributed by atoms with E-state index in [0.29, 0.717) is 0 Å². The van der Waals surface area contributed by atoms with Gasteiger partial charge in [-0.1, -0.05) is 41.4 Å². The van der Waals surface area contributed by atoms with E-state index in [-0.39, 0.29) is 11.9 Å². The number of nitrogens with zero attached hydrogens (tertiary/aromatic N) is 4. The van der Waals surface area contributed by atoms with Crippen molar-refractivity contribution < 1.29 is 4.79 Å². The quantitative estimate of drug-likeness (QED) is 0.798. The van der Waals surface area contributed by atoms with Crippen LogP contribution in [0.1, 0.15) is 24.2 Å². The topological polar surface area (TPSA) is 84.7 Å². The van der Waals surface area contributed by atoms with Gasteiger partial charge in [0.25, 0.3) is 10.2 Å². The Kier molecular flexibility index (Phi) is 5.03. The van der Waals surface area contributed by atoms with Crippen LogP contribution in [-0.2, 0) is 9.13 Å². The van der Waals surface area contributed by atoms with Gasteiger partial charge in [0.05, 0.1) is 5.69 Å². The first-order chi connectivity index (χ1) is 11.5. The minimum Gasteiger partial charge on any atom is -0.350 e. The normalized spacial score (nSPS) is 16.1. The van der Waals surface area contributed by atoms with Gasteiger partial charge in [0.2, 0.25) is 5.82 Å². The molecule has 1 saturated heterocycles. The number of hydrogen-bond donors (Lipinski definition) is 2. The molecule has 2 heterocycles. The summed E-state index contributed by atoms with van der Waals surface area (Å²) in [7, 11) is 0. The van der Waals surface area contributed by atoms with Crippen molar-refractivity contribution in [2.75, 3.05) is 13.1 Å². The molecular weight excluding hydrogens is 351 g/mol. The van der Waals surface area contributed by atoms with E-state index >= 15 is 0 Å². The molecule has 2 aromatic rings. The summed E-state index contributed by atoms with van der Waals surface area (Å²) in [5, 5.41) is 17.6. The largest absolute Gasteiger partial charge is 0.350 e. The first kappa shape index (κ1) is 17.1. The van der Waals surface area contributed by atoms with E-state index in [2.05, 4.69) is 26.2 Å². The summed E-state index contributed by atoms with van der Waals surface area (Å²) in [6, 6.07) is 7.55. The fourth-order valence-corrected chi connectivity index (χ4v) is 3.03. The molecule has 1 aliphatic heterocycles. The van der Waals surface area contributed by atoms with Crippen molar-refractivity contribution in [2.45, 2.75) is 30.1 Å². The highest BCUT2D eigenvalue weighted by atomic mass is 35.5. The highest BCUT2D eigenvalue weighted by molar-refractivity contribution is 6.57. The Morgan fingerprint density at radius 2 is 2.04 bits per heavy atom. The first-order valence-electron chi connectivity index (χ1n) is 7.74. The third-order valence-corrected chi connectivity index (χ3v) is 4.73. The summed E-state index contributed by atoms with van der Waals surface area (Å²) < 4.78 is -0.478. The second-order valence-electron chi connectivity index (χ2n) is 5.77. The van der Waals surface area contributed by atoms with Crippen molar-refractivity contribution in [1.82, 2.24) is 30.8 Å². The van der Waals surface area contributed by atoms with Gasteiger partial charge in [-0.15, -0.1) is 5.10 Å². The molecule has 1 aliphatic rings. The first-order valence-corrected chi connectivity index (χ1v) is 8.50. The maximum Gasteiger partial charge on any atom is 0.264 e. The van der Waals surface area contributed by atoms with Gasteiger partial charge in [0.1, 0.15) is 0 Å². The Balaban J connectivity index is 1.86. The molecule has 0 spiro atoms. The van der Waals surface area contributed by atoms with Gasteiger partial charge < -0.3 is 10.6 Å². The number of rotatable bonds is 4. The Hall–Kier alpha value is -1.70. The summed E-state index contributed by atoms with van der Waals surface area (Å²) in [6.07, 6.45) is 1.66. The summed E-state index contributed by atoms with van der Waals surface area (Å²) in [5.41, 5.74) is 1.66. The molecular formula is C15H18Cl2N6O. The molecule has 2 N–H and O–H groups in total. The molecule has 9 heteroatoms. The Morgan fingerprint density at radius 3 is 2.75 bits per heavy atom. The van der Waals surface area contributed by atoms with Crippen LogP contribution in [0.4, 0.5) is 0 Å². The smallest absolute Gasteiger partial charge is 0.264 e. The van der Waals surface area contributed by atoms with Crippen molar-refractivity contribution in [2.24, 2.45) is 0 Å². The van der Waals surface area contributed by atoms with Crippen LogP contribution in [0.3, 0.4) is 0 Å². The second kappa shape index (κ2) is 7.04. The lowest BCUT2D eigenvalue weighted by Crippen LogP contribution is -2.47. The lowest BCUT2D eigenvalue weighted by atomic mass is 10.1. The Bertz CT molecular complexity index is 726. The number of tetrazole rings is 1. The van der Waals surface area contributed by atoms with Crippen LogP contribution in [0.2, 0.25) is 0 Å². The van der Waals surface area contributed by atoms with Gasteiger partial charge in [0.15, 0.2) is 0 Å². The maximum absolute atomic E-state index is 12.6. The fourth-order valence-electron chi connectivity index (χ4n) is 2.69. The zero-order chi connectivity index (χ0) is 17.2. The third-order valence-electron chi connectivity index (χ3n) is 4.05. The SMILES string of the molecule is Cc1ccccc1-n1nnnc1C(Cl)(Cl)C(=O)NC1CCNCC1. The lowest BCUT2D eigenvalue weighted by Gasteiger charge is -2.26. The predicted octanol–water partition coefficient (Wildman–Crippen LogP) is 1.47. The zero-order valence-electron chi connectivity index (χ0n) is 13.2. The van der Waals surface area contributed by atoms with E-state index in [1.807, 2.05) is 31.2 Å². The van der Waals surface area contributed by atoms with Crippen molar-refractivity contribution in [3.05, 3.63) is 35.7 Å². The fraction of sp³-hybridized carbons (Fsp3) is 0.467. The monoisotopic (exact) mass is 368 g/mol. The number of carbonyl (C=O) groups is 1. The van der Waals surface area contributed by atoms with Gasteiger partial charge >= 0.3 is 0 Å². The molecule has 3 rings (SSSR count). The van der Waals surface area contributed by atoms with E-state index in [1.165, 1.54) is 4.68 Å². The average molecular weight is 369 g/mol. The molecule has 0 aliphatic carbocycles. The van der Waals surface area contributed by atoms with Gasteiger partial charge in [-0.25, -0.2) is 0 Å². The van der Waals surface area contributed by atoms with E-state index < -0.39 is 10.2 Å². The molecule has 0 radical (unpaired) electrons. The number of para-hydroxylation sites is 1. The lowest BCUT2D eigenvalue weighted by molar-refractivity contribution is -0.123. The van der Waals surface area contributed by atoms with Crippen molar-refractivity contribution in [3.63, 3.8) is 0 Å². The summed E-state index contributed by atoms with van der Waals surface area (Å²) >= 11 is 12.7. The van der Waals surface area contributed by atoms with Crippen LogP contribution in [0.25, 0.3) is 5.69 Å². The molecule has 1 fully saturated rings. The molecule has 24 heavy (non-hydrogen) atoms. The number of amides is 1. The predicted molar refractivity (Wildman–Crippen MR) is 91.3 cm³/mol. The minimum atomic E-state index is -1.88. The Morgan fingerprint density at radius 1 is 1.33 bits per heavy atom. The summed E-state index contributed by atoms with van der Waals surface area (Å²) in [6.45, 7) is 3.62. The van der Waals surface area contributed by atoms with Crippen LogP contribution in [0.5, 0.6) is 0 Å². The molecule has 1 amide bonds. The van der Waals surface area contributed by atoms with Gasteiger partial charge in [0, 0.05) is 6.04 Å². The molecule has 0 saturated carbocycles. The number of alkyl halides is 2. The van der Waals surface area contributed by atoms with Crippen molar-refractivity contribution in [1.29, 1.82) is 0 Å². The highest BCUT2D eigenvalue weighted by Gasteiger charge is 2.42. The highest BCUT2D eigenvalue weighted by Crippen LogP contribution is 2.34. The van der Waals surface area contributed by atoms with E-state index in [0.717, 1.165) is 37.2 Å². The van der Waals surface area contributed by atoms with E-state index in [1.54, 1.807) is 0 Å². The van der Waals surface area contributed by atoms with Crippen molar-refractivity contribution in [3.8, 4) is 5.69 Å². The van der Waals surface area contributed by atoms with Gasteiger partial charge in [-0.05, 0) is 54.9 Å². The Labute approximate surface area is 149 Å². The van der Waals surface area contributed by atoms with Crippen LogP contribution in [0, 0.1) is 6.92 Å². The molecule has 0 bridgehead atoms. The minimum absolute atomic E-state index is 0.0402. The van der Waals surface area contributed by atoms with Gasteiger partial charge in [-0.2, -0.15) is 4.68 Å². The number of halogens is 2. The number of piperidine rings is 1. The molecule has 1 aromatic carbocycles. The second-order valence-corrected chi connectivity index (χ2v) is 7.10. The van der Waals surface area contributed by atoms with Gasteiger partial charge in [-0.3, -0.25) is 4.79 Å². The number of aromatic nitrogens is 4. The number of aryl methyl sites for hydroxylation is 1. The summed E-state index contributed by atoms with van der Waals surface area (Å²) in [4.78, 5) is 12.6. The number of benzene rings is 1. The summed E-state index contributed by atoms with van der Waals surface area (Å²) in [5.74, 6) is -0.436. The molecule has 128 valence electrons. The van der Waals surface area contributed by atoms with Crippen molar-refractivity contribution >= 4 is 29.1 Å². The van der Waals surface area contributed by atoms with E-state index in [9.17, 15) is 4.79 Å². The van der Waals surface area contributed by atoms with Crippen LogP contribution >= 0.6 is 23.2 Å². The standard InChI is InChI=1S/C15H18Cl2N6O/c1-10-4-2-3-5-12(10)23-13(20-21-22-23)15(16,17)14(24)19-11-6-8-18-9-7-11/h2-5,11,18H,6-9H2,1H3,(H,19,24). The van der Waals surface area contributed by atoms with Crippen LogP contribution in [0.15, 0.2) is 24.3 Å².